The number of benzene rings is 2. The second-order valence-electron chi connectivity index (χ2n) is 5.26. The van der Waals surface area contributed by atoms with Crippen LogP contribution in [0.2, 0.25) is 5.02 Å². The van der Waals surface area contributed by atoms with Gasteiger partial charge in [0.05, 0.1) is 17.3 Å². The van der Waals surface area contributed by atoms with E-state index >= 15 is 0 Å². The minimum absolute atomic E-state index is 0.0283. The number of allylic oxidation sites excluding steroid dienone is 1. The number of nitrogens with one attached hydrogen (secondary N) is 1. The molecule has 0 unspecified atom stereocenters. The number of ether oxygens (including phenoxy) is 1. The fourth-order valence-electron chi connectivity index (χ4n) is 2.05. The Bertz CT molecular complexity index is 816. The van der Waals surface area contributed by atoms with Gasteiger partial charge in [0.25, 0.3) is 0 Å². The van der Waals surface area contributed by atoms with E-state index in [2.05, 4.69) is 21.2 Å². The number of halogens is 2. The lowest BCUT2D eigenvalue weighted by Gasteiger charge is -2.12. The Balaban J connectivity index is 2.33. The minimum atomic E-state index is -0.621. The molecule has 0 radical (unpaired) electrons. The van der Waals surface area contributed by atoms with Crippen molar-refractivity contribution in [2.45, 2.75) is 13.8 Å². The summed E-state index contributed by atoms with van der Waals surface area (Å²) in [5.41, 5.74) is 2.00. The number of hydrogen-bond donors (Lipinski definition) is 1. The minimum Gasteiger partial charge on any atom is -0.461 e. The zero-order chi connectivity index (χ0) is 18.4. The molecule has 0 aliphatic rings. The van der Waals surface area contributed by atoms with Crippen molar-refractivity contribution in [1.29, 1.82) is 0 Å². The molecule has 0 fully saturated rings. The first-order valence-corrected chi connectivity index (χ1v) is 8.79. The Hall–Kier alpha value is -2.11. The highest BCUT2D eigenvalue weighted by Gasteiger charge is 2.15. The molecule has 4 nitrogen and oxygen atoms in total. The molecule has 130 valence electrons. The lowest BCUT2D eigenvalue weighted by molar-refractivity contribution is -0.138. The molecule has 2 aromatic carbocycles. The third kappa shape index (κ3) is 5.44. The molecule has 0 spiro atoms. The molecule has 0 heterocycles. The highest BCUT2D eigenvalue weighted by atomic mass is 79.9. The van der Waals surface area contributed by atoms with Gasteiger partial charge in [-0.1, -0.05) is 33.6 Å². The summed E-state index contributed by atoms with van der Waals surface area (Å²) >= 11 is 9.51. The van der Waals surface area contributed by atoms with Crippen LogP contribution in [-0.2, 0) is 9.53 Å². The first kappa shape index (κ1) is 19.2. The van der Waals surface area contributed by atoms with Crippen LogP contribution in [0.4, 0.5) is 5.69 Å². The van der Waals surface area contributed by atoms with Crippen molar-refractivity contribution in [2.24, 2.45) is 0 Å². The first-order valence-electron chi connectivity index (χ1n) is 7.62. The number of ketones is 1. The SMILES string of the molecule is CCOC(=O)/C(=C/C(=O)c1ccc(Br)cc1)Nc1ccc(C)cc1Cl. The molecule has 2 aromatic rings. The standard InChI is InChI=1S/C19H17BrClNO3/c1-3-25-19(24)17(22-16-9-4-12(2)10-15(16)21)11-18(23)13-5-7-14(20)8-6-13/h4-11,22H,3H2,1-2H3/b17-11-. The smallest absolute Gasteiger partial charge is 0.354 e. The predicted octanol–water partition coefficient (Wildman–Crippen LogP) is 5.15. The van der Waals surface area contributed by atoms with Crippen LogP contribution < -0.4 is 5.32 Å². The highest BCUT2D eigenvalue weighted by molar-refractivity contribution is 9.10. The summed E-state index contributed by atoms with van der Waals surface area (Å²) in [4.78, 5) is 24.6. The molecule has 0 atom stereocenters. The Labute approximate surface area is 160 Å². The molecule has 0 aliphatic heterocycles. The van der Waals surface area contributed by atoms with Crippen LogP contribution in [0.25, 0.3) is 0 Å². The number of carbonyl (C=O) groups excluding carboxylic acids is 2. The van der Waals surface area contributed by atoms with Gasteiger partial charge in [0, 0.05) is 16.1 Å². The van der Waals surface area contributed by atoms with Gasteiger partial charge in [0.15, 0.2) is 5.78 Å². The molecule has 25 heavy (non-hydrogen) atoms. The summed E-state index contributed by atoms with van der Waals surface area (Å²) in [6.45, 7) is 3.81. The van der Waals surface area contributed by atoms with Crippen LogP contribution in [0.3, 0.4) is 0 Å². The van der Waals surface area contributed by atoms with E-state index in [4.69, 9.17) is 16.3 Å². The third-order valence-corrected chi connectivity index (χ3v) is 4.13. The molecule has 0 saturated heterocycles. The van der Waals surface area contributed by atoms with Crippen molar-refractivity contribution in [2.75, 3.05) is 11.9 Å². The number of hydrogen-bond acceptors (Lipinski definition) is 4. The van der Waals surface area contributed by atoms with Gasteiger partial charge in [-0.15, -0.1) is 0 Å². The molecular formula is C19H17BrClNO3. The van der Waals surface area contributed by atoms with Gasteiger partial charge >= 0.3 is 5.97 Å². The van der Waals surface area contributed by atoms with Crippen LogP contribution in [0.1, 0.15) is 22.8 Å². The van der Waals surface area contributed by atoms with Gasteiger partial charge in [0.1, 0.15) is 5.70 Å². The number of esters is 1. The average molecular weight is 423 g/mol. The van der Waals surface area contributed by atoms with Gasteiger partial charge in [-0.3, -0.25) is 4.79 Å². The van der Waals surface area contributed by atoms with Crippen molar-refractivity contribution in [1.82, 2.24) is 0 Å². The van der Waals surface area contributed by atoms with Crippen LogP contribution in [0, 0.1) is 6.92 Å². The van der Waals surface area contributed by atoms with E-state index in [1.165, 1.54) is 6.08 Å². The summed E-state index contributed by atoms with van der Waals surface area (Å²) in [6, 6.07) is 12.2. The van der Waals surface area contributed by atoms with E-state index in [0.717, 1.165) is 10.0 Å². The molecule has 0 saturated carbocycles. The third-order valence-electron chi connectivity index (χ3n) is 3.29. The van der Waals surface area contributed by atoms with Crippen LogP contribution >= 0.6 is 27.5 Å². The predicted molar refractivity (Wildman–Crippen MR) is 103 cm³/mol. The number of aryl methyl sites for hydroxylation is 1. The average Bonchev–Trinajstić information content (AvgIpc) is 2.57. The van der Waals surface area contributed by atoms with E-state index in [0.29, 0.717) is 16.3 Å². The zero-order valence-electron chi connectivity index (χ0n) is 13.8. The first-order chi connectivity index (χ1) is 11.9. The molecule has 2 rings (SSSR count). The molecule has 1 N–H and O–H groups in total. The second kappa shape index (κ2) is 8.83. The van der Waals surface area contributed by atoms with E-state index < -0.39 is 5.97 Å². The van der Waals surface area contributed by atoms with Crippen LogP contribution in [-0.4, -0.2) is 18.4 Å². The van der Waals surface area contributed by atoms with Crippen molar-refractivity contribution in [3.05, 3.63) is 74.9 Å². The molecule has 0 aliphatic carbocycles. The van der Waals surface area contributed by atoms with Crippen molar-refractivity contribution in [3.8, 4) is 0 Å². The largest absolute Gasteiger partial charge is 0.461 e. The lowest BCUT2D eigenvalue weighted by Crippen LogP contribution is -2.16. The maximum absolute atomic E-state index is 12.4. The zero-order valence-corrected chi connectivity index (χ0v) is 16.1. The van der Waals surface area contributed by atoms with Crippen molar-refractivity contribution < 1.29 is 14.3 Å². The topological polar surface area (TPSA) is 55.4 Å². The van der Waals surface area contributed by atoms with E-state index in [-0.39, 0.29) is 18.1 Å². The fourth-order valence-corrected chi connectivity index (χ4v) is 2.60. The molecule has 0 bridgehead atoms. The number of anilines is 1. The monoisotopic (exact) mass is 421 g/mol. The van der Waals surface area contributed by atoms with Gasteiger partial charge in [-0.05, 0) is 55.8 Å². The summed E-state index contributed by atoms with van der Waals surface area (Å²) in [7, 11) is 0. The lowest BCUT2D eigenvalue weighted by atomic mass is 10.1. The highest BCUT2D eigenvalue weighted by Crippen LogP contribution is 2.24. The van der Waals surface area contributed by atoms with Crippen LogP contribution in [0.15, 0.2) is 58.7 Å². The maximum Gasteiger partial charge on any atom is 0.354 e. The summed E-state index contributed by atoms with van der Waals surface area (Å²) in [5.74, 6) is -0.934. The molecule has 0 amide bonds. The summed E-state index contributed by atoms with van der Waals surface area (Å²) < 4.78 is 5.89. The van der Waals surface area contributed by atoms with Gasteiger partial charge < -0.3 is 10.1 Å². The van der Waals surface area contributed by atoms with E-state index in [1.807, 2.05) is 13.0 Å². The molecule has 6 heteroatoms. The van der Waals surface area contributed by atoms with E-state index in [9.17, 15) is 9.59 Å². The Kier molecular flexibility index (Phi) is 6.79. The second-order valence-corrected chi connectivity index (χ2v) is 6.58. The Morgan fingerprint density at radius 3 is 2.48 bits per heavy atom. The molecular weight excluding hydrogens is 406 g/mol. The quantitative estimate of drug-likeness (QED) is 0.397. The van der Waals surface area contributed by atoms with Crippen LogP contribution in [0.5, 0.6) is 0 Å². The normalized spacial score (nSPS) is 11.1. The molecule has 0 aromatic heterocycles. The Morgan fingerprint density at radius 1 is 1.20 bits per heavy atom. The number of rotatable bonds is 6. The van der Waals surface area contributed by atoms with Gasteiger partial charge in [-0.25, -0.2) is 4.79 Å². The van der Waals surface area contributed by atoms with Crippen molar-refractivity contribution >= 4 is 45.0 Å². The Morgan fingerprint density at radius 2 is 1.88 bits per heavy atom. The summed E-state index contributed by atoms with van der Waals surface area (Å²) in [5, 5.41) is 3.35. The van der Waals surface area contributed by atoms with Crippen molar-refractivity contribution in [3.63, 3.8) is 0 Å². The van der Waals surface area contributed by atoms with Gasteiger partial charge in [0.2, 0.25) is 0 Å². The fraction of sp³-hybridized carbons (Fsp3) is 0.158. The maximum atomic E-state index is 12.4. The number of carbonyl (C=O) groups is 2. The van der Waals surface area contributed by atoms with E-state index in [1.54, 1.807) is 43.3 Å². The van der Waals surface area contributed by atoms with Gasteiger partial charge in [-0.2, -0.15) is 0 Å². The summed E-state index contributed by atoms with van der Waals surface area (Å²) in [6.07, 6.45) is 1.22.